The van der Waals surface area contributed by atoms with Gasteiger partial charge >= 0.3 is 0 Å². The molecule has 1 heterocycles. The van der Waals surface area contributed by atoms with Crippen LogP contribution in [0.4, 0.5) is 0 Å². The Hall–Kier alpha value is -2.04. The van der Waals surface area contributed by atoms with E-state index in [1.54, 1.807) is 17.0 Å². The summed E-state index contributed by atoms with van der Waals surface area (Å²) < 4.78 is 5.59. The number of carbonyl (C=O) groups excluding carboxylic acids is 2. The van der Waals surface area contributed by atoms with Crippen molar-refractivity contribution in [3.05, 3.63) is 23.8 Å². The van der Waals surface area contributed by atoms with Crippen LogP contribution in [0.2, 0.25) is 0 Å². The average molecular weight is 263 g/mol. The molecule has 0 aromatic heterocycles. The molecule has 102 valence electrons. The van der Waals surface area contributed by atoms with Crippen LogP contribution < -0.4 is 4.74 Å². The summed E-state index contributed by atoms with van der Waals surface area (Å²) in [6.45, 7) is 1.08. The van der Waals surface area contributed by atoms with E-state index in [-0.39, 0.29) is 17.4 Å². The van der Waals surface area contributed by atoms with Gasteiger partial charge in [-0.3, -0.25) is 9.59 Å². The highest BCUT2D eigenvalue weighted by Crippen LogP contribution is 2.26. The zero-order valence-electron chi connectivity index (χ0n) is 10.6. The molecule has 2 rings (SSSR count). The van der Waals surface area contributed by atoms with E-state index in [1.807, 2.05) is 0 Å². The standard InChI is InChI=1S/C14H17NO4/c16-8-12-13(18)5-3-6-14(12)19-9-11-4-1-2-7-15(11)10-17/h3,5-6,8,10-11,18H,1-2,4,7,9H2. The minimum Gasteiger partial charge on any atom is -0.507 e. The molecule has 5 nitrogen and oxygen atoms in total. The first-order valence-corrected chi connectivity index (χ1v) is 6.37. The number of hydrogen-bond donors (Lipinski definition) is 1. The first-order valence-electron chi connectivity index (χ1n) is 6.37. The Morgan fingerprint density at radius 2 is 2.21 bits per heavy atom. The molecule has 1 fully saturated rings. The first-order chi connectivity index (χ1) is 9.26. The highest BCUT2D eigenvalue weighted by atomic mass is 16.5. The summed E-state index contributed by atoms with van der Waals surface area (Å²) in [4.78, 5) is 23.6. The monoisotopic (exact) mass is 263 g/mol. The third-order valence-corrected chi connectivity index (χ3v) is 3.40. The Labute approximate surface area is 111 Å². The number of carbonyl (C=O) groups is 2. The van der Waals surface area contributed by atoms with Crippen LogP contribution in [0.3, 0.4) is 0 Å². The van der Waals surface area contributed by atoms with E-state index >= 15 is 0 Å². The number of amides is 1. The van der Waals surface area contributed by atoms with E-state index in [0.29, 0.717) is 18.6 Å². The second kappa shape index (κ2) is 6.22. The summed E-state index contributed by atoms with van der Waals surface area (Å²) >= 11 is 0. The normalized spacial score (nSPS) is 18.9. The Balaban J connectivity index is 2.03. The van der Waals surface area contributed by atoms with Crippen molar-refractivity contribution >= 4 is 12.7 Å². The number of aromatic hydroxyl groups is 1. The zero-order valence-corrected chi connectivity index (χ0v) is 10.6. The van der Waals surface area contributed by atoms with Gasteiger partial charge in [0.2, 0.25) is 6.41 Å². The Morgan fingerprint density at radius 3 is 2.95 bits per heavy atom. The summed E-state index contributed by atoms with van der Waals surface area (Å²) in [7, 11) is 0. The minimum absolute atomic E-state index is 0.0353. The maximum atomic E-state index is 10.9. The molecule has 0 aliphatic carbocycles. The summed E-state index contributed by atoms with van der Waals surface area (Å²) in [5.74, 6) is 0.259. The number of aldehydes is 1. The van der Waals surface area contributed by atoms with E-state index < -0.39 is 0 Å². The van der Waals surface area contributed by atoms with Gasteiger partial charge in [-0.2, -0.15) is 0 Å². The van der Waals surface area contributed by atoms with Crippen LogP contribution in [-0.2, 0) is 4.79 Å². The SMILES string of the molecule is O=Cc1c(O)cccc1OCC1CCCCN1C=O. The lowest BCUT2D eigenvalue weighted by atomic mass is 10.0. The van der Waals surface area contributed by atoms with E-state index in [4.69, 9.17) is 4.74 Å². The molecule has 1 unspecified atom stereocenters. The Kier molecular flexibility index (Phi) is 4.39. The smallest absolute Gasteiger partial charge is 0.210 e. The maximum absolute atomic E-state index is 10.9. The molecule has 1 aromatic carbocycles. The van der Waals surface area contributed by atoms with Crippen molar-refractivity contribution in [3.8, 4) is 11.5 Å². The van der Waals surface area contributed by atoms with Crippen molar-refractivity contribution < 1.29 is 19.4 Å². The lowest BCUT2D eigenvalue weighted by Crippen LogP contribution is -2.42. The molecule has 1 aliphatic rings. The predicted octanol–water partition coefficient (Wildman–Crippen LogP) is 1.59. The molecule has 19 heavy (non-hydrogen) atoms. The third kappa shape index (κ3) is 3.05. The molecule has 1 aromatic rings. The number of rotatable bonds is 5. The fraction of sp³-hybridized carbons (Fsp3) is 0.429. The number of phenolic OH excluding ortho intramolecular Hbond substituents is 1. The van der Waals surface area contributed by atoms with Crippen LogP contribution in [-0.4, -0.2) is 41.9 Å². The van der Waals surface area contributed by atoms with Gasteiger partial charge in [0.05, 0.1) is 11.6 Å². The van der Waals surface area contributed by atoms with Crippen molar-refractivity contribution in [1.29, 1.82) is 0 Å². The fourth-order valence-electron chi connectivity index (χ4n) is 2.30. The van der Waals surface area contributed by atoms with Crippen molar-refractivity contribution in [2.75, 3.05) is 13.2 Å². The molecular formula is C14H17NO4. The number of hydrogen-bond acceptors (Lipinski definition) is 4. The Morgan fingerprint density at radius 1 is 1.37 bits per heavy atom. The number of nitrogens with zero attached hydrogens (tertiary/aromatic N) is 1. The summed E-state index contributed by atoms with van der Waals surface area (Å²) in [6.07, 6.45) is 4.40. The van der Waals surface area contributed by atoms with Crippen LogP contribution >= 0.6 is 0 Å². The maximum Gasteiger partial charge on any atom is 0.210 e. The van der Waals surface area contributed by atoms with Crippen molar-refractivity contribution in [2.45, 2.75) is 25.3 Å². The molecule has 1 aliphatic heterocycles. The molecule has 5 heteroatoms. The van der Waals surface area contributed by atoms with Crippen LogP contribution in [0.1, 0.15) is 29.6 Å². The molecule has 0 saturated carbocycles. The van der Waals surface area contributed by atoms with Gasteiger partial charge in [0.1, 0.15) is 18.1 Å². The fourth-order valence-corrected chi connectivity index (χ4v) is 2.30. The van der Waals surface area contributed by atoms with Gasteiger partial charge in [-0.05, 0) is 31.4 Å². The van der Waals surface area contributed by atoms with Gasteiger partial charge in [0, 0.05) is 6.54 Å². The largest absolute Gasteiger partial charge is 0.507 e. The zero-order chi connectivity index (χ0) is 13.7. The number of piperidine rings is 1. The van der Waals surface area contributed by atoms with Crippen LogP contribution in [0.15, 0.2) is 18.2 Å². The van der Waals surface area contributed by atoms with E-state index in [0.717, 1.165) is 32.2 Å². The molecule has 0 spiro atoms. The van der Waals surface area contributed by atoms with Gasteiger partial charge in [0.25, 0.3) is 0 Å². The van der Waals surface area contributed by atoms with Crippen molar-refractivity contribution in [3.63, 3.8) is 0 Å². The van der Waals surface area contributed by atoms with Crippen LogP contribution in [0.25, 0.3) is 0 Å². The molecule has 1 amide bonds. The molecule has 1 saturated heterocycles. The average Bonchev–Trinajstić information content (AvgIpc) is 2.45. The van der Waals surface area contributed by atoms with Gasteiger partial charge in [0.15, 0.2) is 6.29 Å². The first kappa shape index (κ1) is 13.4. The van der Waals surface area contributed by atoms with E-state index in [9.17, 15) is 14.7 Å². The molecule has 0 radical (unpaired) electrons. The van der Waals surface area contributed by atoms with E-state index in [2.05, 4.69) is 0 Å². The topological polar surface area (TPSA) is 66.8 Å². The quantitative estimate of drug-likeness (QED) is 0.819. The van der Waals surface area contributed by atoms with Crippen LogP contribution in [0, 0.1) is 0 Å². The molecule has 1 N–H and O–H groups in total. The second-order valence-corrected chi connectivity index (χ2v) is 4.61. The summed E-state index contributed by atoms with van der Waals surface area (Å²) in [6, 6.07) is 4.73. The highest BCUT2D eigenvalue weighted by Gasteiger charge is 2.22. The third-order valence-electron chi connectivity index (χ3n) is 3.40. The molecular weight excluding hydrogens is 246 g/mol. The van der Waals surface area contributed by atoms with Gasteiger partial charge in [-0.15, -0.1) is 0 Å². The summed E-state index contributed by atoms with van der Waals surface area (Å²) in [5.41, 5.74) is 0.149. The number of phenols is 1. The minimum atomic E-state index is -0.0941. The van der Waals surface area contributed by atoms with Gasteiger partial charge < -0.3 is 14.7 Å². The highest BCUT2D eigenvalue weighted by molar-refractivity contribution is 5.83. The molecule has 1 atom stereocenters. The number of likely N-dealkylation sites (tertiary alicyclic amines) is 1. The lowest BCUT2D eigenvalue weighted by molar-refractivity contribution is -0.122. The predicted molar refractivity (Wildman–Crippen MR) is 69.4 cm³/mol. The van der Waals surface area contributed by atoms with E-state index in [1.165, 1.54) is 6.07 Å². The van der Waals surface area contributed by atoms with Gasteiger partial charge in [-0.1, -0.05) is 6.07 Å². The van der Waals surface area contributed by atoms with Gasteiger partial charge in [-0.25, -0.2) is 0 Å². The van der Waals surface area contributed by atoms with Crippen molar-refractivity contribution in [2.24, 2.45) is 0 Å². The molecule has 0 bridgehead atoms. The Bertz CT molecular complexity index is 461. The number of ether oxygens (including phenoxy) is 1. The van der Waals surface area contributed by atoms with Crippen molar-refractivity contribution in [1.82, 2.24) is 4.90 Å². The number of benzene rings is 1. The lowest BCUT2D eigenvalue weighted by Gasteiger charge is -2.32. The summed E-state index contributed by atoms with van der Waals surface area (Å²) in [5, 5.41) is 9.55. The second-order valence-electron chi connectivity index (χ2n) is 4.61. The van der Waals surface area contributed by atoms with Crippen LogP contribution in [0.5, 0.6) is 11.5 Å².